The van der Waals surface area contributed by atoms with Gasteiger partial charge < -0.3 is 14.5 Å². The van der Waals surface area contributed by atoms with Gasteiger partial charge >= 0.3 is 5.97 Å². The van der Waals surface area contributed by atoms with Gasteiger partial charge in [0.2, 0.25) is 0 Å². The molecule has 4 aromatic rings. The van der Waals surface area contributed by atoms with Gasteiger partial charge in [0, 0.05) is 23.7 Å². The molecule has 0 atom stereocenters. The molecule has 0 radical (unpaired) electrons. The van der Waals surface area contributed by atoms with E-state index in [1.54, 1.807) is 30.3 Å². The van der Waals surface area contributed by atoms with Crippen molar-refractivity contribution >= 4 is 5.97 Å². The van der Waals surface area contributed by atoms with Crippen LogP contribution in [0.5, 0.6) is 11.5 Å². The molecule has 7 nitrogen and oxygen atoms in total. The lowest BCUT2D eigenvalue weighted by atomic mass is 10.0. The first-order valence-electron chi connectivity index (χ1n) is 11.0. The van der Waals surface area contributed by atoms with Gasteiger partial charge in [-0.3, -0.25) is 4.79 Å². The number of carbonyl (C=O) groups excluding carboxylic acids is 1. The lowest BCUT2D eigenvalue weighted by molar-refractivity contribution is 0.0600. The number of H-pyrrole nitrogens is 1. The van der Waals surface area contributed by atoms with Crippen LogP contribution in [0, 0.1) is 5.82 Å². The molecule has 2 aromatic heterocycles. The predicted octanol–water partition coefficient (Wildman–Crippen LogP) is 5.26. The predicted molar refractivity (Wildman–Crippen MR) is 129 cm³/mol. The molecule has 0 saturated carbocycles. The largest absolute Gasteiger partial charge is 0.465 e. The molecule has 0 fully saturated rings. The number of carbonyl (C=O) groups is 1. The molecule has 0 aliphatic heterocycles. The molecule has 1 N–H and O–H groups in total. The van der Waals surface area contributed by atoms with Crippen molar-refractivity contribution in [1.82, 2.24) is 15.2 Å². The van der Waals surface area contributed by atoms with E-state index in [1.165, 1.54) is 13.2 Å². The number of ether oxygens (including phenoxy) is 2. The number of halogens is 1. The minimum atomic E-state index is -0.548. The second-order valence-electron chi connectivity index (χ2n) is 8.29. The number of pyridine rings is 1. The standard InChI is InChI=1S/C27H24FN3O4/c1-16(2)23-10-11-24(31-30-23)17-6-8-22(9-7-17)35-25-14-19(27(33)34-3)5-4-18(25)12-20-13-21(28)15-29-26(20)32/h4-11,13-16H,12H2,1-3H3,(H,29,32). The summed E-state index contributed by atoms with van der Waals surface area (Å²) in [6, 6.07) is 17.1. The first kappa shape index (κ1) is 23.8. The summed E-state index contributed by atoms with van der Waals surface area (Å²) in [6.45, 7) is 4.12. The Kier molecular flexibility index (Phi) is 7.01. The van der Waals surface area contributed by atoms with Crippen LogP contribution in [0.15, 0.2) is 71.7 Å². The number of aromatic amines is 1. The zero-order valence-corrected chi connectivity index (χ0v) is 19.5. The Bertz CT molecular complexity index is 1400. The lowest BCUT2D eigenvalue weighted by Gasteiger charge is -2.13. The van der Waals surface area contributed by atoms with E-state index in [4.69, 9.17) is 9.47 Å². The van der Waals surface area contributed by atoms with Crippen LogP contribution in [0.3, 0.4) is 0 Å². The van der Waals surface area contributed by atoms with E-state index in [0.717, 1.165) is 23.1 Å². The van der Waals surface area contributed by atoms with Crippen molar-refractivity contribution in [3.8, 4) is 22.8 Å². The van der Waals surface area contributed by atoms with Crippen molar-refractivity contribution in [2.75, 3.05) is 7.11 Å². The van der Waals surface area contributed by atoms with Gasteiger partial charge in [0.15, 0.2) is 0 Å². The van der Waals surface area contributed by atoms with Crippen molar-refractivity contribution in [3.05, 3.63) is 105 Å². The smallest absolute Gasteiger partial charge is 0.337 e. The number of esters is 1. The molecule has 2 aromatic carbocycles. The topological polar surface area (TPSA) is 94.2 Å². The van der Waals surface area contributed by atoms with Gasteiger partial charge in [-0.2, -0.15) is 10.2 Å². The molecule has 0 saturated heterocycles. The summed E-state index contributed by atoms with van der Waals surface area (Å²) in [5, 5.41) is 8.56. The van der Waals surface area contributed by atoms with Gasteiger partial charge in [0.1, 0.15) is 17.3 Å². The fourth-order valence-electron chi connectivity index (χ4n) is 3.50. The molecule has 35 heavy (non-hydrogen) atoms. The van der Waals surface area contributed by atoms with Crippen LogP contribution in [0.4, 0.5) is 4.39 Å². The van der Waals surface area contributed by atoms with Crippen molar-refractivity contribution in [2.45, 2.75) is 26.2 Å². The van der Waals surface area contributed by atoms with Gasteiger partial charge in [-0.25, -0.2) is 9.18 Å². The Morgan fingerprint density at radius 1 is 1.00 bits per heavy atom. The number of hydrogen-bond donors (Lipinski definition) is 1. The Hall–Kier alpha value is -4.33. The van der Waals surface area contributed by atoms with Crippen LogP contribution in [-0.2, 0) is 11.2 Å². The van der Waals surface area contributed by atoms with Gasteiger partial charge in [-0.15, -0.1) is 0 Å². The fraction of sp³-hybridized carbons (Fsp3) is 0.185. The summed E-state index contributed by atoms with van der Waals surface area (Å²) < 4.78 is 24.6. The maximum atomic E-state index is 13.7. The van der Waals surface area contributed by atoms with Crippen molar-refractivity contribution < 1.29 is 18.7 Å². The fourth-order valence-corrected chi connectivity index (χ4v) is 3.50. The number of methoxy groups -OCH3 is 1. The van der Waals surface area contributed by atoms with Crippen LogP contribution in [0.2, 0.25) is 0 Å². The van der Waals surface area contributed by atoms with E-state index >= 15 is 0 Å². The van der Waals surface area contributed by atoms with Gasteiger partial charge in [-0.05, 0) is 66.1 Å². The van der Waals surface area contributed by atoms with Gasteiger partial charge in [-0.1, -0.05) is 19.9 Å². The van der Waals surface area contributed by atoms with E-state index in [-0.39, 0.29) is 17.5 Å². The maximum Gasteiger partial charge on any atom is 0.337 e. The number of benzene rings is 2. The Morgan fingerprint density at radius 3 is 2.43 bits per heavy atom. The molecule has 0 aliphatic rings. The van der Waals surface area contributed by atoms with Gasteiger partial charge in [0.05, 0.1) is 24.1 Å². The van der Waals surface area contributed by atoms with E-state index in [0.29, 0.717) is 23.0 Å². The third-order valence-corrected chi connectivity index (χ3v) is 5.47. The summed E-state index contributed by atoms with van der Waals surface area (Å²) in [5.41, 5.74) is 3.26. The Morgan fingerprint density at radius 2 is 1.77 bits per heavy atom. The number of rotatable bonds is 7. The Labute approximate surface area is 201 Å². The Balaban J connectivity index is 1.63. The third kappa shape index (κ3) is 5.60. The number of aromatic nitrogens is 3. The molecule has 0 aliphatic carbocycles. The normalized spacial score (nSPS) is 10.9. The van der Waals surface area contributed by atoms with Crippen LogP contribution >= 0.6 is 0 Å². The summed E-state index contributed by atoms with van der Waals surface area (Å²) in [6.07, 6.45) is 1.12. The molecule has 2 heterocycles. The second-order valence-corrected chi connectivity index (χ2v) is 8.29. The summed E-state index contributed by atoms with van der Waals surface area (Å²) >= 11 is 0. The first-order valence-corrected chi connectivity index (χ1v) is 11.0. The molecule has 178 valence electrons. The van der Waals surface area contributed by atoms with Crippen molar-refractivity contribution in [2.24, 2.45) is 0 Å². The third-order valence-electron chi connectivity index (χ3n) is 5.47. The molecule has 0 bridgehead atoms. The lowest BCUT2D eigenvalue weighted by Crippen LogP contribution is -2.13. The van der Waals surface area contributed by atoms with Crippen LogP contribution in [0.1, 0.15) is 46.9 Å². The maximum absolute atomic E-state index is 13.7. The zero-order valence-electron chi connectivity index (χ0n) is 19.5. The quantitative estimate of drug-likeness (QED) is 0.368. The second kappa shape index (κ2) is 10.3. The molecule has 4 rings (SSSR count). The minimum Gasteiger partial charge on any atom is -0.465 e. The van der Waals surface area contributed by atoms with Crippen LogP contribution in [0.25, 0.3) is 11.3 Å². The highest BCUT2D eigenvalue weighted by Crippen LogP contribution is 2.30. The monoisotopic (exact) mass is 473 g/mol. The number of nitrogens with zero attached hydrogens (tertiary/aromatic N) is 2. The first-order chi connectivity index (χ1) is 16.8. The van der Waals surface area contributed by atoms with E-state index in [9.17, 15) is 14.0 Å². The summed E-state index contributed by atoms with van der Waals surface area (Å²) in [7, 11) is 1.29. The highest BCUT2D eigenvalue weighted by Gasteiger charge is 2.14. The van der Waals surface area contributed by atoms with Crippen molar-refractivity contribution in [3.63, 3.8) is 0 Å². The highest BCUT2D eigenvalue weighted by molar-refractivity contribution is 5.90. The van der Waals surface area contributed by atoms with E-state index in [1.807, 2.05) is 24.3 Å². The SMILES string of the molecule is COC(=O)c1ccc(Cc2cc(F)c[nH]c2=O)c(Oc2ccc(-c3ccc(C(C)C)nn3)cc2)c1. The minimum absolute atomic E-state index is 0.111. The molecular formula is C27H24FN3O4. The average Bonchev–Trinajstić information content (AvgIpc) is 2.87. The highest BCUT2D eigenvalue weighted by atomic mass is 19.1. The summed E-state index contributed by atoms with van der Waals surface area (Å²) in [4.78, 5) is 26.6. The van der Waals surface area contributed by atoms with Gasteiger partial charge in [0.25, 0.3) is 5.56 Å². The van der Waals surface area contributed by atoms with E-state index < -0.39 is 17.3 Å². The number of hydrogen-bond acceptors (Lipinski definition) is 6. The summed E-state index contributed by atoms with van der Waals surface area (Å²) in [5.74, 6) is 0.0877. The van der Waals surface area contributed by atoms with E-state index in [2.05, 4.69) is 29.0 Å². The molecule has 0 spiro atoms. The van der Waals surface area contributed by atoms with Crippen LogP contribution in [-0.4, -0.2) is 28.3 Å². The van der Waals surface area contributed by atoms with Crippen molar-refractivity contribution in [1.29, 1.82) is 0 Å². The van der Waals surface area contributed by atoms with Crippen LogP contribution < -0.4 is 10.3 Å². The molecule has 0 amide bonds. The molecular weight excluding hydrogens is 449 g/mol. The number of nitrogens with one attached hydrogen (secondary N) is 1. The molecule has 0 unspecified atom stereocenters. The average molecular weight is 474 g/mol. The zero-order chi connectivity index (χ0) is 24.9. The molecule has 8 heteroatoms.